The van der Waals surface area contributed by atoms with Gasteiger partial charge in [0.2, 0.25) is 0 Å². The van der Waals surface area contributed by atoms with Gasteiger partial charge in [0.1, 0.15) is 0 Å². The monoisotopic (exact) mass is 236 g/mol. The molecule has 0 radical (unpaired) electrons. The van der Waals surface area contributed by atoms with Crippen LogP contribution in [0.15, 0.2) is 0 Å². The molecule has 17 heavy (non-hydrogen) atoms. The molecule has 0 bridgehead atoms. The lowest BCUT2D eigenvalue weighted by molar-refractivity contribution is -0.115. The van der Waals surface area contributed by atoms with Crippen LogP contribution in [0.1, 0.15) is 51.9 Å². The molecule has 0 aromatic rings. The largest absolute Gasteiger partial charge is 0.307 e. The maximum atomic E-state index is 12.2. The van der Waals surface area contributed by atoms with E-state index in [1.807, 2.05) is 0 Å². The molecular formula is C14H24N2O. The maximum absolute atomic E-state index is 12.2. The molecule has 3 unspecified atom stereocenters. The first-order valence-corrected chi connectivity index (χ1v) is 7.04. The van der Waals surface area contributed by atoms with E-state index in [-0.39, 0.29) is 17.7 Å². The standard InChI is InChI=1S/C14H24N2O/c1-10-5-4-6-11(9-10)13(15)14(17)12-7-2-3-8-16-12/h10-12,15-16H,2-9H2,1H3. The highest BCUT2D eigenvalue weighted by atomic mass is 16.1. The first kappa shape index (κ1) is 12.7. The van der Waals surface area contributed by atoms with Gasteiger partial charge in [0.05, 0.1) is 11.8 Å². The lowest BCUT2D eigenvalue weighted by Crippen LogP contribution is -2.45. The van der Waals surface area contributed by atoms with Gasteiger partial charge in [-0.15, -0.1) is 0 Å². The molecule has 96 valence electrons. The van der Waals surface area contributed by atoms with Gasteiger partial charge in [0, 0.05) is 5.92 Å². The number of piperidine rings is 1. The van der Waals surface area contributed by atoms with Gasteiger partial charge in [0.15, 0.2) is 5.78 Å². The van der Waals surface area contributed by atoms with Crippen molar-refractivity contribution >= 4 is 11.5 Å². The summed E-state index contributed by atoms with van der Waals surface area (Å²) in [5.41, 5.74) is 0.399. The van der Waals surface area contributed by atoms with E-state index in [9.17, 15) is 4.79 Å². The zero-order chi connectivity index (χ0) is 12.3. The number of nitrogens with one attached hydrogen (secondary N) is 2. The number of ketones is 1. The van der Waals surface area contributed by atoms with Crippen LogP contribution in [0.3, 0.4) is 0 Å². The van der Waals surface area contributed by atoms with Crippen molar-refractivity contribution in [3.63, 3.8) is 0 Å². The SMILES string of the molecule is CC1CCCC(C(=N)C(=O)C2CCCCN2)C1. The molecule has 0 amide bonds. The van der Waals surface area contributed by atoms with Crippen molar-refractivity contribution < 1.29 is 4.79 Å². The first-order chi connectivity index (χ1) is 8.18. The van der Waals surface area contributed by atoms with Crippen LogP contribution in [0.4, 0.5) is 0 Å². The summed E-state index contributed by atoms with van der Waals surface area (Å²) in [6.07, 6.45) is 7.73. The normalized spacial score (nSPS) is 34.3. The van der Waals surface area contributed by atoms with Gasteiger partial charge < -0.3 is 10.7 Å². The van der Waals surface area contributed by atoms with Gasteiger partial charge >= 0.3 is 0 Å². The Bertz CT molecular complexity index is 295. The molecule has 2 N–H and O–H groups in total. The molecule has 2 aliphatic rings. The highest BCUT2D eigenvalue weighted by Gasteiger charge is 2.30. The average Bonchev–Trinajstić information content (AvgIpc) is 2.38. The van der Waals surface area contributed by atoms with E-state index in [1.165, 1.54) is 12.8 Å². The van der Waals surface area contributed by atoms with Gasteiger partial charge in [-0.3, -0.25) is 4.79 Å². The number of carbonyl (C=O) groups excluding carboxylic acids is 1. The van der Waals surface area contributed by atoms with E-state index in [1.54, 1.807) is 0 Å². The predicted molar refractivity (Wildman–Crippen MR) is 69.5 cm³/mol. The van der Waals surface area contributed by atoms with Crippen LogP contribution in [0.25, 0.3) is 0 Å². The molecule has 1 aliphatic heterocycles. The molecule has 1 saturated carbocycles. The second-order valence-electron chi connectivity index (χ2n) is 5.75. The van der Waals surface area contributed by atoms with Crippen LogP contribution in [0.5, 0.6) is 0 Å². The maximum Gasteiger partial charge on any atom is 0.193 e. The first-order valence-electron chi connectivity index (χ1n) is 7.04. The summed E-state index contributed by atoms with van der Waals surface area (Å²) >= 11 is 0. The van der Waals surface area contributed by atoms with Crippen molar-refractivity contribution in [2.45, 2.75) is 57.9 Å². The molecule has 2 rings (SSSR count). The Hall–Kier alpha value is -0.700. The van der Waals surface area contributed by atoms with E-state index < -0.39 is 0 Å². The van der Waals surface area contributed by atoms with Crippen molar-refractivity contribution in [2.24, 2.45) is 11.8 Å². The molecule has 3 heteroatoms. The molecule has 3 atom stereocenters. The van der Waals surface area contributed by atoms with Crippen molar-refractivity contribution in [1.29, 1.82) is 5.41 Å². The second kappa shape index (κ2) is 5.76. The quantitative estimate of drug-likeness (QED) is 0.740. The summed E-state index contributed by atoms with van der Waals surface area (Å²) in [6.45, 7) is 3.17. The third kappa shape index (κ3) is 3.15. The van der Waals surface area contributed by atoms with E-state index >= 15 is 0 Å². The van der Waals surface area contributed by atoms with Crippen LogP contribution in [0, 0.1) is 17.2 Å². The Morgan fingerprint density at radius 2 is 2.00 bits per heavy atom. The molecule has 3 nitrogen and oxygen atoms in total. The summed E-state index contributed by atoms with van der Waals surface area (Å²) in [4.78, 5) is 12.2. The van der Waals surface area contributed by atoms with Gasteiger partial charge in [-0.1, -0.05) is 26.2 Å². The lowest BCUT2D eigenvalue weighted by Gasteiger charge is -2.29. The number of Topliss-reactive ketones (excluding diaryl/α,β-unsaturated/α-hetero) is 1. The third-order valence-electron chi connectivity index (χ3n) is 4.24. The van der Waals surface area contributed by atoms with Crippen LogP contribution in [0.2, 0.25) is 0 Å². The third-order valence-corrected chi connectivity index (χ3v) is 4.24. The average molecular weight is 236 g/mol. The molecule has 2 fully saturated rings. The van der Waals surface area contributed by atoms with Gasteiger partial charge in [-0.2, -0.15) is 0 Å². The Morgan fingerprint density at radius 3 is 2.65 bits per heavy atom. The summed E-state index contributed by atoms with van der Waals surface area (Å²) in [5, 5.41) is 11.4. The van der Waals surface area contributed by atoms with E-state index in [4.69, 9.17) is 5.41 Å². The highest BCUT2D eigenvalue weighted by Crippen LogP contribution is 2.30. The minimum Gasteiger partial charge on any atom is -0.307 e. The van der Waals surface area contributed by atoms with Crippen molar-refractivity contribution in [1.82, 2.24) is 5.32 Å². The molecule has 1 saturated heterocycles. The fourth-order valence-corrected chi connectivity index (χ4v) is 3.16. The number of carbonyl (C=O) groups is 1. The van der Waals surface area contributed by atoms with Crippen LogP contribution in [-0.2, 0) is 4.79 Å². The molecule has 0 aromatic heterocycles. The molecule has 0 aromatic carbocycles. The van der Waals surface area contributed by atoms with E-state index in [0.717, 1.165) is 38.6 Å². The summed E-state index contributed by atoms with van der Waals surface area (Å²) in [5.74, 6) is 0.986. The lowest BCUT2D eigenvalue weighted by atomic mass is 9.78. The second-order valence-corrected chi connectivity index (χ2v) is 5.75. The summed E-state index contributed by atoms with van der Waals surface area (Å²) < 4.78 is 0. The fraction of sp³-hybridized carbons (Fsp3) is 0.857. The Labute approximate surface area is 104 Å². The molecule has 1 aliphatic carbocycles. The topological polar surface area (TPSA) is 53.0 Å². The van der Waals surface area contributed by atoms with E-state index in [2.05, 4.69) is 12.2 Å². The highest BCUT2D eigenvalue weighted by molar-refractivity contribution is 6.41. The fourth-order valence-electron chi connectivity index (χ4n) is 3.16. The molecular weight excluding hydrogens is 212 g/mol. The predicted octanol–water partition coefficient (Wildman–Crippen LogP) is 2.54. The van der Waals surface area contributed by atoms with Crippen molar-refractivity contribution in [3.8, 4) is 0 Å². The van der Waals surface area contributed by atoms with Crippen molar-refractivity contribution in [2.75, 3.05) is 6.54 Å². The van der Waals surface area contributed by atoms with Gasteiger partial charge in [0.25, 0.3) is 0 Å². The number of hydrogen-bond donors (Lipinski definition) is 2. The van der Waals surface area contributed by atoms with Crippen LogP contribution in [-0.4, -0.2) is 24.1 Å². The Morgan fingerprint density at radius 1 is 1.18 bits per heavy atom. The van der Waals surface area contributed by atoms with Crippen LogP contribution < -0.4 is 5.32 Å². The van der Waals surface area contributed by atoms with Crippen molar-refractivity contribution in [3.05, 3.63) is 0 Å². The molecule has 0 spiro atoms. The van der Waals surface area contributed by atoms with E-state index in [0.29, 0.717) is 11.6 Å². The Kier molecular flexibility index (Phi) is 4.32. The smallest absolute Gasteiger partial charge is 0.193 e. The molecule has 1 heterocycles. The van der Waals surface area contributed by atoms with Gasteiger partial charge in [-0.25, -0.2) is 0 Å². The number of hydrogen-bond acceptors (Lipinski definition) is 3. The summed E-state index contributed by atoms with van der Waals surface area (Å²) in [6, 6.07) is -0.0616. The zero-order valence-electron chi connectivity index (χ0n) is 10.8. The minimum atomic E-state index is -0.0616. The van der Waals surface area contributed by atoms with Gasteiger partial charge in [-0.05, 0) is 38.1 Å². The minimum absolute atomic E-state index is 0.0616. The zero-order valence-corrected chi connectivity index (χ0v) is 10.8. The number of rotatable bonds is 3. The summed E-state index contributed by atoms with van der Waals surface area (Å²) in [7, 11) is 0. The Balaban J connectivity index is 1.91. The van der Waals surface area contributed by atoms with Crippen LogP contribution >= 0.6 is 0 Å².